The Hall–Kier alpha value is -3.81. The van der Waals surface area contributed by atoms with Crippen molar-refractivity contribution < 1.29 is 9.53 Å². The molecule has 2 aliphatic rings. The third kappa shape index (κ3) is 4.73. The van der Waals surface area contributed by atoms with E-state index in [1.165, 1.54) is 5.69 Å². The zero-order chi connectivity index (χ0) is 24.4. The van der Waals surface area contributed by atoms with Crippen LogP contribution in [0.15, 0.2) is 54.6 Å². The number of methoxy groups -OCH3 is 1. The molecule has 1 fully saturated rings. The highest BCUT2D eigenvalue weighted by molar-refractivity contribution is 5.94. The van der Waals surface area contributed by atoms with E-state index in [0.29, 0.717) is 30.8 Å². The molecule has 2 aromatic carbocycles. The van der Waals surface area contributed by atoms with Gasteiger partial charge in [0, 0.05) is 70.1 Å². The van der Waals surface area contributed by atoms with Crippen LogP contribution in [0.1, 0.15) is 21.6 Å². The fraction of sp³-hybridized carbons (Fsp3) is 0.370. The van der Waals surface area contributed by atoms with Crippen molar-refractivity contribution in [3.05, 3.63) is 71.4 Å². The van der Waals surface area contributed by atoms with Crippen molar-refractivity contribution in [2.75, 3.05) is 68.6 Å². The second-order valence-electron chi connectivity index (χ2n) is 9.19. The predicted molar refractivity (Wildman–Crippen MR) is 139 cm³/mol. The lowest BCUT2D eigenvalue weighted by Gasteiger charge is -2.37. The maximum absolute atomic E-state index is 13.2. The first-order valence-corrected chi connectivity index (χ1v) is 12.1. The predicted octanol–water partition coefficient (Wildman–Crippen LogP) is 3.08. The second-order valence-corrected chi connectivity index (χ2v) is 9.19. The molecule has 0 N–H and O–H groups in total. The topological polar surface area (TPSA) is 65.0 Å². The average Bonchev–Trinajstić information content (AvgIpc) is 2.92. The van der Waals surface area contributed by atoms with Gasteiger partial charge in [-0.05, 0) is 30.3 Å². The summed E-state index contributed by atoms with van der Waals surface area (Å²) in [4.78, 5) is 31.8. The lowest BCUT2D eigenvalue weighted by atomic mass is 10.0. The number of carbonyl (C=O) groups excluding carboxylic acids is 1. The number of carbonyl (C=O) groups is 1. The Morgan fingerprint density at radius 2 is 1.66 bits per heavy atom. The summed E-state index contributed by atoms with van der Waals surface area (Å²) >= 11 is 0. The second kappa shape index (κ2) is 9.82. The minimum atomic E-state index is 0.000339. The number of anilines is 3. The summed E-state index contributed by atoms with van der Waals surface area (Å²) in [7, 11) is 5.62. The van der Waals surface area contributed by atoms with Gasteiger partial charge in [-0.15, -0.1) is 0 Å². The van der Waals surface area contributed by atoms with Crippen molar-refractivity contribution in [3.8, 4) is 5.75 Å². The maximum Gasteiger partial charge on any atom is 0.254 e. The molecule has 3 heterocycles. The highest BCUT2D eigenvalue weighted by Crippen LogP contribution is 2.30. The number of piperazine rings is 1. The molecule has 182 valence electrons. The fourth-order valence-electron chi connectivity index (χ4n) is 4.81. The van der Waals surface area contributed by atoms with E-state index >= 15 is 0 Å². The van der Waals surface area contributed by atoms with Crippen molar-refractivity contribution in [2.24, 2.45) is 0 Å². The highest BCUT2D eigenvalue weighted by atomic mass is 16.5. The first kappa shape index (κ1) is 23.0. The van der Waals surface area contributed by atoms with Crippen LogP contribution in [0, 0.1) is 0 Å². The zero-order valence-corrected chi connectivity index (χ0v) is 20.6. The van der Waals surface area contributed by atoms with Gasteiger partial charge >= 0.3 is 0 Å². The van der Waals surface area contributed by atoms with Gasteiger partial charge in [-0.3, -0.25) is 4.79 Å². The van der Waals surface area contributed by atoms with Gasteiger partial charge in [-0.1, -0.05) is 24.3 Å². The highest BCUT2D eigenvalue weighted by Gasteiger charge is 2.29. The first-order chi connectivity index (χ1) is 17.0. The molecule has 0 bridgehead atoms. The first-order valence-electron chi connectivity index (χ1n) is 12.1. The monoisotopic (exact) mass is 472 g/mol. The van der Waals surface area contributed by atoms with Crippen LogP contribution in [-0.4, -0.2) is 74.7 Å². The van der Waals surface area contributed by atoms with E-state index in [2.05, 4.69) is 40.1 Å². The number of rotatable bonds is 5. The Bertz CT molecular complexity index is 1190. The molecular formula is C27H32N6O2. The molecule has 0 aliphatic carbocycles. The van der Waals surface area contributed by atoms with Gasteiger partial charge in [0.05, 0.1) is 19.3 Å². The van der Waals surface area contributed by atoms with Crippen molar-refractivity contribution in [1.29, 1.82) is 0 Å². The summed E-state index contributed by atoms with van der Waals surface area (Å²) in [5.74, 6) is 2.36. The smallest absolute Gasteiger partial charge is 0.254 e. The quantitative estimate of drug-likeness (QED) is 0.565. The van der Waals surface area contributed by atoms with Gasteiger partial charge in [0.1, 0.15) is 11.6 Å². The van der Waals surface area contributed by atoms with Gasteiger partial charge in [0.15, 0.2) is 0 Å². The molecule has 0 saturated carbocycles. The van der Waals surface area contributed by atoms with Crippen LogP contribution in [-0.2, 0) is 13.0 Å². The fourth-order valence-corrected chi connectivity index (χ4v) is 4.81. The van der Waals surface area contributed by atoms with Crippen molar-refractivity contribution in [2.45, 2.75) is 13.0 Å². The van der Waals surface area contributed by atoms with E-state index in [9.17, 15) is 4.79 Å². The molecule has 1 saturated heterocycles. The van der Waals surface area contributed by atoms with E-state index in [1.54, 1.807) is 13.2 Å². The van der Waals surface area contributed by atoms with E-state index in [1.807, 2.05) is 42.1 Å². The van der Waals surface area contributed by atoms with Crippen LogP contribution < -0.4 is 19.4 Å². The molecule has 0 atom stereocenters. The van der Waals surface area contributed by atoms with Gasteiger partial charge in [0.2, 0.25) is 5.95 Å². The molecular weight excluding hydrogens is 440 g/mol. The van der Waals surface area contributed by atoms with E-state index in [-0.39, 0.29) is 5.91 Å². The van der Waals surface area contributed by atoms with Gasteiger partial charge in [-0.2, -0.15) is 4.98 Å². The third-order valence-electron chi connectivity index (χ3n) is 6.74. The Kier molecular flexibility index (Phi) is 6.44. The number of benzene rings is 2. The van der Waals surface area contributed by atoms with Gasteiger partial charge < -0.3 is 24.3 Å². The molecule has 0 radical (unpaired) electrons. The summed E-state index contributed by atoms with van der Waals surface area (Å²) in [6, 6.07) is 17.9. The lowest BCUT2D eigenvalue weighted by molar-refractivity contribution is 0.0733. The number of hydrogen-bond donors (Lipinski definition) is 0. The molecule has 3 aromatic rings. The minimum Gasteiger partial charge on any atom is -0.497 e. The van der Waals surface area contributed by atoms with E-state index in [0.717, 1.165) is 49.2 Å². The number of fused-ring (bicyclic) bond motifs is 1. The summed E-state index contributed by atoms with van der Waals surface area (Å²) in [6.07, 6.45) is 0.714. The summed E-state index contributed by atoms with van der Waals surface area (Å²) in [5, 5.41) is 0. The molecule has 1 aromatic heterocycles. The Balaban J connectivity index is 1.34. The normalized spacial score (nSPS) is 15.6. The van der Waals surface area contributed by atoms with Crippen LogP contribution in [0.2, 0.25) is 0 Å². The summed E-state index contributed by atoms with van der Waals surface area (Å²) in [6.45, 7) is 4.76. The Labute approximate surface area is 206 Å². The number of hydrogen-bond acceptors (Lipinski definition) is 7. The SMILES string of the molecule is COc1cccc(C(=O)N2CCc3nc(N4CCN(c5ccccc5)CC4)nc(N(C)C)c3C2)c1. The molecule has 0 spiro atoms. The van der Waals surface area contributed by atoms with Crippen LogP contribution in [0.4, 0.5) is 17.5 Å². The number of ether oxygens (including phenoxy) is 1. The zero-order valence-electron chi connectivity index (χ0n) is 20.6. The van der Waals surface area contributed by atoms with Gasteiger partial charge in [-0.25, -0.2) is 4.98 Å². The van der Waals surface area contributed by atoms with Crippen LogP contribution in [0.5, 0.6) is 5.75 Å². The number of nitrogens with zero attached hydrogens (tertiary/aromatic N) is 6. The molecule has 8 nitrogen and oxygen atoms in total. The Morgan fingerprint density at radius 1 is 0.914 bits per heavy atom. The minimum absolute atomic E-state index is 0.000339. The molecule has 1 amide bonds. The third-order valence-corrected chi connectivity index (χ3v) is 6.74. The van der Waals surface area contributed by atoms with Crippen molar-refractivity contribution >= 4 is 23.4 Å². The van der Waals surface area contributed by atoms with E-state index < -0.39 is 0 Å². The molecule has 0 unspecified atom stereocenters. The summed E-state index contributed by atoms with van der Waals surface area (Å²) < 4.78 is 5.30. The molecule has 2 aliphatic heterocycles. The average molecular weight is 473 g/mol. The largest absolute Gasteiger partial charge is 0.497 e. The molecule has 5 rings (SSSR count). The van der Waals surface area contributed by atoms with E-state index in [4.69, 9.17) is 14.7 Å². The standard InChI is InChI=1S/C27H32N6O2/c1-30(2)25-23-19-33(26(34)20-8-7-11-22(18-20)35-3)13-12-24(23)28-27(29-25)32-16-14-31(15-17-32)21-9-5-4-6-10-21/h4-11,18H,12-17,19H2,1-3H3. The van der Waals surface area contributed by atoms with Crippen LogP contribution in [0.25, 0.3) is 0 Å². The van der Waals surface area contributed by atoms with Gasteiger partial charge in [0.25, 0.3) is 5.91 Å². The van der Waals surface area contributed by atoms with Crippen LogP contribution in [0.3, 0.4) is 0 Å². The Morgan fingerprint density at radius 3 is 2.37 bits per heavy atom. The number of aromatic nitrogens is 2. The molecule has 35 heavy (non-hydrogen) atoms. The number of para-hydroxylation sites is 1. The van der Waals surface area contributed by atoms with Crippen LogP contribution >= 0.6 is 0 Å². The number of amides is 1. The molecule has 8 heteroatoms. The maximum atomic E-state index is 13.2. The van der Waals surface area contributed by atoms with Crippen molar-refractivity contribution in [1.82, 2.24) is 14.9 Å². The van der Waals surface area contributed by atoms with Crippen molar-refractivity contribution in [3.63, 3.8) is 0 Å². The lowest BCUT2D eigenvalue weighted by Crippen LogP contribution is -2.47. The summed E-state index contributed by atoms with van der Waals surface area (Å²) in [5.41, 5.74) is 3.96.